The molecule has 21 heavy (non-hydrogen) atoms. The van der Waals surface area contributed by atoms with Gasteiger partial charge in [0.05, 0.1) is 0 Å². The molecule has 0 atom stereocenters. The lowest BCUT2D eigenvalue weighted by atomic mass is 10.0. The molecule has 2 nitrogen and oxygen atoms in total. The van der Waals surface area contributed by atoms with E-state index in [-0.39, 0.29) is 0 Å². The third-order valence-electron chi connectivity index (χ3n) is 4.26. The highest BCUT2D eigenvalue weighted by Gasteiger charge is 2.14. The predicted octanol–water partition coefficient (Wildman–Crippen LogP) is 3.40. The monoisotopic (exact) mass is 300 g/mol. The summed E-state index contributed by atoms with van der Waals surface area (Å²) in [6, 6.07) is 15.0. The van der Waals surface area contributed by atoms with Crippen molar-refractivity contribution in [3.63, 3.8) is 0 Å². The molecule has 0 saturated carbocycles. The summed E-state index contributed by atoms with van der Waals surface area (Å²) in [5, 5.41) is 0.833. The third kappa shape index (κ3) is 3.46. The highest BCUT2D eigenvalue weighted by Crippen LogP contribution is 2.22. The molecule has 0 spiro atoms. The topological polar surface area (TPSA) is 29.3 Å². The molecule has 1 aliphatic heterocycles. The Hall–Kier alpha value is -1.35. The lowest BCUT2D eigenvalue weighted by Crippen LogP contribution is -2.26. The molecule has 110 valence electrons. The van der Waals surface area contributed by atoms with Gasteiger partial charge >= 0.3 is 0 Å². The summed E-state index contributed by atoms with van der Waals surface area (Å²) in [4.78, 5) is 2.49. The fraction of sp³-hybridized carbons (Fsp3) is 0.333. The molecule has 0 saturated heterocycles. The highest BCUT2D eigenvalue weighted by atomic mass is 35.5. The van der Waals surface area contributed by atoms with E-state index in [1.54, 1.807) is 0 Å². The first-order chi connectivity index (χ1) is 10.3. The lowest BCUT2D eigenvalue weighted by Gasteiger charge is -2.20. The van der Waals surface area contributed by atoms with Gasteiger partial charge in [0, 0.05) is 31.2 Å². The Balaban J connectivity index is 1.70. The first kappa shape index (κ1) is 14.6. The van der Waals surface area contributed by atoms with E-state index in [0.29, 0.717) is 6.54 Å². The van der Waals surface area contributed by atoms with Crippen molar-refractivity contribution in [3.05, 3.63) is 69.7 Å². The molecule has 1 aliphatic rings. The summed E-state index contributed by atoms with van der Waals surface area (Å²) in [6.07, 6.45) is 2.24. The molecule has 0 unspecified atom stereocenters. The third-order valence-corrected chi connectivity index (χ3v) is 4.61. The SMILES string of the molecule is NCc1ccc(CN2CCc3ccccc3CC2)c(Cl)c1. The van der Waals surface area contributed by atoms with E-state index in [1.807, 2.05) is 6.07 Å². The van der Waals surface area contributed by atoms with Crippen LogP contribution in [0.5, 0.6) is 0 Å². The zero-order valence-corrected chi connectivity index (χ0v) is 12.9. The summed E-state index contributed by atoms with van der Waals surface area (Å²) in [6.45, 7) is 3.63. The lowest BCUT2D eigenvalue weighted by molar-refractivity contribution is 0.279. The van der Waals surface area contributed by atoms with E-state index >= 15 is 0 Å². The van der Waals surface area contributed by atoms with Gasteiger partial charge in [-0.25, -0.2) is 0 Å². The summed E-state index contributed by atoms with van der Waals surface area (Å²) in [7, 11) is 0. The number of nitrogens with two attached hydrogens (primary N) is 1. The van der Waals surface area contributed by atoms with Gasteiger partial charge in [0.15, 0.2) is 0 Å². The van der Waals surface area contributed by atoms with Crippen molar-refractivity contribution in [2.75, 3.05) is 13.1 Å². The largest absolute Gasteiger partial charge is 0.326 e. The van der Waals surface area contributed by atoms with Crippen LogP contribution in [0.25, 0.3) is 0 Å². The van der Waals surface area contributed by atoms with Crippen LogP contribution < -0.4 is 5.73 Å². The Morgan fingerprint density at radius 1 is 1.00 bits per heavy atom. The Labute approximate surface area is 131 Å². The number of hydrogen-bond donors (Lipinski definition) is 1. The van der Waals surface area contributed by atoms with Crippen molar-refractivity contribution in [2.45, 2.75) is 25.9 Å². The standard InChI is InChI=1S/C18H21ClN2/c19-18-11-14(12-20)5-6-17(18)13-21-9-7-15-3-1-2-4-16(15)8-10-21/h1-6,11H,7-10,12-13,20H2. The second-order valence-corrected chi connectivity index (χ2v) is 6.08. The van der Waals surface area contributed by atoms with Gasteiger partial charge in [-0.1, -0.05) is 48.0 Å². The molecule has 0 bridgehead atoms. The van der Waals surface area contributed by atoms with Crippen molar-refractivity contribution in [3.8, 4) is 0 Å². The average molecular weight is 301 g/mol. The Morgan fingerprint density at radius 2 is 1.67 bits per heavy atom. The number of halogens is 1. The van der Waals surface area contributed by atoms with Gasteiger partial charge in [0.25, 0.3) is 0 Å². The van der Waals surface area contributed by atoms with Crippen molar-refractivity contribution < 1.29 is 0 Å². The summed E-state index contributed by atoms with van der Waals surface area (Å²) in [5.41, 5.74) is 10.9. The summed E-state index contributed by atoms with van der Waals surface area (Å²) in [5.74, 6) is 0. The molecule has 2 N–H and O–H groups in total. The minimum absolute atomic E-state index is 0.541. The zero-order chi connectivity index (χ0) is 14.7. The van der Waals surface area contributed by atoms with Gasteiger partial charge in [-0.3, -0.25) is 4.90 Å². The van der Waals surface area contributed by atoms with Crippen LogP contribution in [-0.2, 0) is 25.9 Å². The normalized spacial score (nSPS) is 15.5. The molecule has 2 aromatic carbocycles. The zero-order valence-electron chi connectivity index (χ0n) is 12.2. The Morgan fingerprint density at radius 3 is 2.24 bits per heavy atom. The maximum atomic E-state index is 6.38. The van der Waals surface area contributed by atoms with Crippen molar-refractivity contribution in [1.82, 2.24) is 4.90 Å². The fourth-order valence-corrected chi connectivity index (χ4v) is 3.22. The van der Waals surface area contributed by atoms with Crippen LogP contribution >= 0.6 is 11.6 Å². The second kappa shape index (κ2) is 6.61. The van der Waals surface area contributed by atoms with E-state index in [1.165, 1.54) is 16.7 Å². The molecule has 0 aromatic heterocycles. The van der Waals surface area contributed by atoms with Crippen LogP contribution in [0, 0.1) is 0 Å². The van der Waals surface area contributed by atoms with E-state index in [4.69, 9.17) is 17.3 Å². The molecule has 0 fully saturated rings. The van der Waals surface area contributed by atoms with E-state index in [2.05, 4.69) is 41.3 Å². The maximum Gasteiger partial charge on any atom is 0.0454 e. The molecule has 1 heterocycles. The number of nitrogens with zero attached hydrogens (tertiary/aromatic N) is 1. The van der Waals surface area contributed by atoms with Crippen LogP contribution in [0.2, 0.25) is 5.02 Å². The molecular formula is C18H21ClN2. The Kier molecular flexibility index (Phi) is 4.59. The van der Waals surface area contributed by atoms with Crippen molar-refractivity contribution in [1.29, 1.82) is 0 Å². The molecular weight excluding hydrogens is 280 g/mol. The van der Waals surface area contributed by atoms with E-state index in [9.17, 15) is 0 Å². The van der Waals surface area contributed by atoms with E-state index in [0.717, 1.165) is 43.1 Å². The highest BCUT2D eigenvalue weighted by molar-refractivity contribution is 6.31. The minimum atomic E-state index is 0.541. The minimum Gasteiger partial charge on any atom is -0.326 e. The van der Waals surface area contributed by atoms with Gasteiger partial charge in [-0.15, -0.1) is 0 Å². The number of rotatable bonds is 3. The van der Waals surface area contributed by atoms with Crippen LogP contribution in [0.1, 0.15) is 22.3 Å². The summed E-state index contributed by atoms with van der Waals surface area (Å²) < 4.78 is 0. The fourth-order valence-electron chi connectivity index (χ4n) is 2.96. The van der Waals surface area contributed by atoms with Gasteiger partial charge in [-0.05, 0) is 41.2 Å². The van der Waals surface area contributed by atoms with E-state index < -0.39 is 0 Å². The quantitative estimate of drug-likeness (QED) is 0.941. The summed E-state index contributed by atoms with van der Waals surface area (Å²) >= 11 is 6.38. The average Bonchev–Trinajstić information content (AvgIpc) is 2.72. The first-order valence-electron chi connectivity index (χ1n) is 7.53. The van der Waals surface area contributed by atoms with Crippen molar-refractivity contribution >= 4 is 11.6 Å². The first-order valence-corrected chi connectivity index (χ1v) is 7.90. The number of fused-ring (bicyclic) bond motifs is 1. The van der Waals surface area contributed by atoms with Gasteiger partial charge < -0.3 is 5.73 Å². The molecule has 0 amide bonds. The van der Waals surface area contributed by atoms with Gasteiger partial charge in [-0.2, -0.15) is 0 Å². The molecule has 3 heteroatoms. The molecule has 0 radical (unpaired) electrons. The van der Waals surface area contributed by atoms with Gasteiger partial charge in [0.2, 0.25) is 0 Å². The smallest absolute Gasteiger partial charge is 0.0454 e. The molecule has 2 aromatic rings. The van der Waals surface area contributed by atoms with Gasteiger partial charge in [0.1, 0.15) is 0 Å². The van der Waals surface area contributed by atoms with Crippen LogP contribution in [0.15, 0.2) is 42.5 Å². The van der Waals surface area contributed by atoms with Crippen LogP contribution in [-0.4, -0.2) is 18.0 Å². The maximum absolute atomic E-state index is 6.38. The van der Waals surface area contributed by atoms with Crippen molar-refractivity contribution in [2.24, 2.45) is 5.73 Å². The van der Waals surface area contributed by atoms with Crippen LogP contribution in [0.4, 0.5) is 0 Å². The number of hydrogen-bond acceptors (Lipinski definition) is 2. The molecule has 0 aliphatic carbocycles. The Bertz CT molecular complexity index is 597. The second-order valence-electron chi connectivity index (χ2n) is 5.67. The predicted molar refractivity (Wildman–Crippen MR) is 88.5 cm³/mol. The van der Waals surface area contributed by atoms with Crippen LogP contribution in [0.3, 0.4) is 0 Å². The molecule has 3 rings (SSSR count). The number of benzene rings is 2.